The molecule has 0 saturated heterocycles. The van der Waals surface area contributed by atoms with Gasteiger partial charge in [-0.25, -0.2) is 0 Å². The van der Waals surface area contributed by atoms with Crippen molar-refractivity contribution in [3.8, 4) is 0 Å². The summed E-state index contributed by atoms with van der Waals surface area (Å²) in [5.74, 6) is 0.314. The number of unbranched alkanes of at least 4 members (excludes halogenated alkanes) is 1. The Kier molecular flexibility index (Phi) is 10.5. The van der Waals surface area contributed by atoms with Crippen molar-refractivity contribution in [2.75, 3.05) is 26.2 Å². The Labute approximate surface area is 101 Å². The Balaban J connectivity index is 3.84. The second kappa shape index (κ2) is 10.9. The van der Waals surface area contributed by atoms with Crippen LogP contribution in [0.5, 0.6) is 0 Å². The van der Waals surface area contributed by atoms with Crippen LogP contribution in [-0.2, 0) is 4.79 Å². The number of hydrogen-bond acceptors (Lipinski definition) is 2. The molecule has 0 unspecified atom stereocenters. The first-order chi connectivity index (χ1) is 7.76. The van der Waals surface area contributed by atoms with Crippen LogP contribution in [0.3, 0.4) is 0 Å². The minimum absolute atomic E-state index is 0.314. The second-order valence-corrected chi connectivity index (χ2v) is 4.23. The van der Waals surface area contributed by atoms with Gasteiger partial charge in [0, 0.05) is 26.1 Å². The van der Waals surface area contributed by atoms with Gasteiger partial charge in [-0.1, -0.05) is 27.2 Å². The van der Waals surface area contributed by atoms with Crippen molar-refractivity contribution in [3.63, 3.8) is 0 Å². The summed E-state index contributed by atoms with van der Waals surface area (Å²) >= 11 is 0. The second-order valence-electron chi connectivity index (χ2n) is 4.23. The largest absolute Gasteiger partial charge is 0.341 e. The summed E-state index contributed by atoms with van der Waals surface area (Å²) in [6, 6.07) is 0. The molecule has 0 rings (SSSR count). The van der Waals surface area contributed by atoms with Crippen LogP contribution in [0.25, 0.3) is 0 Å². The van der Waals surface area contributed by atoms with Gasteiger partial charge in [0.1, 0.15) is 0 Å². The van der Waals surface area contributed by atoms with Crippen LogP contribution < -0.4 is 5.32 Å². The summed E-state index contributed by atoms with van der Waals surface area (Å²) in [7, 11) is 0. The van der Waals surface area contributed by atoms with Gasteiger partial charge in [0.25, 0.3) is 0 Å². The molecule has 0 bridgehead atoms. The molecule has 1 N–H and O–H groups in total. The highest BCUT2D eigenvalue weighted by Crippen LogP contribution is 2.00. The molecule has 3 nitrogen and oxygen atoms in total. The van der Waals surface area contributed by atoms with Crippen molar-refractivity contribution in [3.05, 3.63) is 0 Å². The van der Waals surface area contributed by atoms with Crippen molar-refractivity contribution in [2.24, 2.45) is 0 Å². The molecule has 0 aliphatic rings. The molecule has 0 fully saturated rings. The maximum absolute atomic E-state index is 11.8. The predicted octanol–water partition coefficient (Wildman–Crippen LogP) is 2.41. The lowest BCUT2D eigenvalue weighted by Gasteiger charge is -2.22. The molecule has 3 heteroatoms. The molecule has 0 atom stereocenters. The maximum atomic E-state index is 11.8. The SMILES string of the molecule is CCCCN(CCNCCC)C(=O)CCC. The van der Waals surface area contributed by atoms with Crippen LogP contribution >= 0.6 is 0 Å². The summed E-state index contributed by atoms with van der Waals surface area (Å²) in [4.78, 5) is 13.8. The number of carbonyl (C=O) groups is 1. The van der Waals surface area contributed by atoms with E-state index in [1.807, 2.05) is 4.90 Å². The minimum Gasteiger partial charge on any atom is -0.341 e. The van der Waals surface area contributed by atoms with E-state index in [2.05, 4.69) is 26.1 Å². The van der Waals surface area contributed by atoms with E-state index in [0.29, 0.717) is 12.3 Å². The summed E-state index contributed by atoms with van der Waals surface area (Å²) < 4.78 is 0. The number of amides is 1. The van der Waals surface area contributed by atoms with E-state index < -0.39 is 0 Å². The van der Waals surface area contributed by atoms with E-state index in [9.17, 15) is 4.79 Å². The third kappa shape index (κ3) is 7.69. The molecule has 1 amide bonds. The fourth-order valence-corrected chi connectivity index (χ4v) is 1.60. The normalized spacial score (nSPS) is 10.4. The monoisotopic (exact) mass is 228 g/mol. The Bertz CT molecular complexity index is 171. The van der Waals surface area contributed by atoms with Gasteiger partial charge < -0.3 is 10.2 Å². The third-order valence-corrected chi connectivity index (χ3v) is 2.58. The third-order valence-electron chi connectivity index (χ3n) is 2.58. The molecule has 0 aliphatic heterocycles. The van der Waals surface area contributed by atoms with Crippen LogP contribution in [-0.4, -0.2) is 37.0 Å². The molecule has 0 heterocycles. The molecule has 96 valence electrons. The molecule has 0 aromatic carbocycles. The number of hydrogen-bond donors (Lipinski definition) is 1. The van der Waals surface area contributed by atoms with Crippen molar-refractivity contribution < 1.29 is 4.79 Å². The quantitative estimate of drug-likeness (QED) is 0.582. The molecule has 0 spiro atoms. The van der Waals surface area contributed by atoms with Crippen molar-refractivity contribution >= 4 is 5.91 Å². The Hall–Kier alpha value is -0.570. The Morgan fingerprint density at radius 2 is 1.75 bits per heavy atom. The summed E-state index contributed by atoms with van der Waals surface area (Å²) in [6.45, 7) is 10.1. The topological polar surface area (TPSA) is 32.3 Å². The fourth-order valence-electron chi connectivity index (χ4n) is 1.60. The van der Waals surface area contributed by atoms with E-state index >= 15 is 0 Å². The maximum Gasteiger partial charge on any atom is 0.222 e. The standard InChI is InChI=1S/C13H28N2O/c1-4-7-11-15(13(16)8-5-2)12-10-14-9-6-3/h14H,4-12H2,1-3H3. The lowest BCUT2D eigenvalue weighted by molar-refractivity contribution is -0.131. The molecule has 0 aromatic heterocycles. The average Bonchev–Trinajstić information content (AvgIpc) is 2.28. The highest BCUT2D eigenvalue weighted by molar-refractivity contribution is 5.76. The van der Waals surface area contributed by atoms with Gasteiger partial charge in [-0.2, -0.15) is 0 Å². The van der Waals surface area contributed by atoms with E-state index in [1.54, 1.807) is 0 Å². The van der Waals surface area contributed by atoms with Gasteiger partial charge in [-0.05, 0) is 25.8 Å². The lowest BCUT2D eigenvalue weighted by Crippen LogP contribution is -2.37. The first kappa shape index (κ1) is 15.4. The van der Waals surface area contributed by atoms with Crippen molar-refractivity contribution in [1.29, 1.82) is 0 Å². The zero-order valence-corrected chi connectivity index (χ0v) is 11.2. The number of nitrogens with zero attached hydrogens (tertiary/aromatic N) is 1. The number of nitrogens with one attached hydrogen (secondary N) is 1. The zero-order valence-electron chi connectivity index (χ0n) is 11.2. The zero-order chi connectivity index (χ0) is 12.2. The van der Waals surface area contributed by atoms with Crippen LogP contribution in [0, 0.1) is 0 Å². The van der Waals surface area contributed by atoms with Gasteiger partial charge in [-0.15, -0.1) is 0 Å². The number of rotatable bonds is 10. The van der Waals surface area contributed by atoms with Crippen LogP contribution in [0.4, 0.5) is 0 Å². The highest BCUT2D eigenvalue weighted by Gasteiger charge is 2.10. The first-order valence-corrected chi connectivity index (χ1v) is 6.74. The minimum atomic E-state index is 0.314. The Morgan fingerprint density at radius 3 is 2.31 bits per heavy atom. The fraction of sp³-hybridized carbons (Fsp3) is 0.923. The summed E-state index contributed by atoms with van der Waals surface area (Å²) in [5.41, 5.74) is 0. The summed E-state index contributed by atoms with van der Waals surface area (Å²) in [5, 5.41) is 3.35. The molecular weight excluding hydrogens is 200 g/mol. The van der Waals surface area contributed by atoms with Crippen LogP contribution in [0.2, 0.25) is 0 Å². The van der Waals surface area contributed by atoms with Gasteiger partial charge in [0.2, 0.25) is 5.91 Å². The van der Waals surface area contributed by atoms with E-state index in [1.165, 1.54) is 0 Å². The van der Waals surface area contributed by atoms with E-state index in [0.717, 1.165) is 51.9 Å². The average molecular weight is 228 g/mol. The molecule has 0 aliphatic carbocycles. The molecule has 16 heavy (non-hydrogen) atoms. The number of carbonyl (C=O) groups excluding carboxylic acids is 1. The van der Waals surface area contributed by atoms with E-state index in [4.69, 9.17) is 0 Å². The van der Waals surface area contributed by atoms with Crippen LogP contribution in [0.1, 0.15) is 52.9 Å². The molecule has 0 aromatic rings. The Morgan fingerprint density at radius 1 is 1.00 bits per heavy atom. The van der Waals surface area contributed by atoms with Crippen molar-refractivity contribution in [1.82, 2.24) is 10.2 Å². The lowest BCUT2D eigenvalue weighted by atomic mass is 10.2. The van der Waals surface area contributed by atoms with Gasteiger partial charge >= 0.3 is 0 Å². The smallest absolute Gasteiger partial charge is 0.222 e. The summed E-state index contributed by atoms with van der Waals surface area (Å²) in [6.07, 6.45) is 5.06. The predicted molar refractivity (Wildman–Crippen MR) is 69.6 cm³/mol. The van der Waals surface area contributed by atoms with Crippen LogP contribution in [0.15, 0.2) is 0 Å². The first-order valence-electron chi connectivity index (χ1n) is 6.74. The molecular formula is C13H28N2O. The van der Waals surface area contributed by atoms with E-state index in [-0.39, 0.29) is 0 Å². The molecule has 0 saturated carbocycles. The van der Waals surface area contributed by atoms with Gasteiger partial charge in [0.15, 0.2) is 0 Å². The van der Waals surface area contributed by atoms with Gasteiger partial charge in [0.05, 0.1) is 0 Å². The van der Waals surface area contributed by atoms with Gasteiger partial charge in [-0.3, -0.25) is 4.79 Å². The molecule has 0 radical (unpaired) electrons. The highest BCUT2D eigenvalue weighted by atomic mass is 16.2. The van der Waals surface area contributed by atoms with Crippen molar-refractivity contribution in [2.45, 2.75) is 52.9 Å².